The topological polar surface area (TPSA) is 52.6 Å². The lowest BCUT2D eigenvalue weighted by molar-refractivity contribution is -0.143. The van der Waals surface area contributed by atoms with Gasteiger partial charge in [0.15, 0.2) is 0 Å². The molecule has 18 heavy (non-hydrogen) atoms. The van der Waals surface area contributed by atoms with Gasteiger partial charge in [0.1, 0.15) is 5.75 Å². The summed E-state index contributed by atoms with van der Waals surface area (Å²) in [5.41, 5.74) is 0.431. The molecule has 0 N–H and O–H groups in total. The minimum absolute atomic E-state index is 0.208. The van der Waals surface area contributed by atoms with Gasteiger partial charge in [-0.15, -0.1) is 0 Å². The van der Waals surface area contributed by atoms with E-state index in [0.29, 0.717) is 37.4 Å². The van der Waals surface area contributed by atoms with Gasteiger partial charge in [0, 0.05) is 18.4 Å². The molecule has 1 rings (SSSR count). The fourth-order valence-electron chi connectivity index (χ4n) is 1.22. The van der Waals surface area contributed by atoms with Crippen molar-refractivity contribution in [1.82, 2.24) is 0 Å². The van der Waals surface area contributed by atoms with Crippen molar-refractivity contribution < 1.29 is 19.1 Å². The summed E-state index contributed by atoms with van der Waals surface area (Å²) in [6.07, 6.45) is 1.01. The normalized spacial score (nSPS) is 9.89. The first-order chi connectivity index (χ1) is 8.63. The third kappa shape index (κ3) is 5.19. The maximum absolute atomic E-state index is 10.8. The van der Waals surface area contributed by atoms with Crippen LogP contribution >= 0.6 is 11.6 Å². The van der Waals surface area contributed by atoms with Crippen LogP contribution in [0.25, 0.3) is 0 Å². The molecule has 0 amide bonds. The van der Waals surface area contributed by atoms with E-state index in [1.54, 1.807) is 31.2 Å². The lowest BCUT2D eigenvalue weighted by atomic mass is 10.2. The zero-order chi connectivity index (χ0) is 13.4. The Hall–Kier alpha value is -1.55. The summed E-state index contributed by atoms with van der Waals surface area (Å²) in [6.45, 7) is 2.55. The lowest BCUT2D eigenvalue weighted by Gasteiger charge is -2.06. The molecular weight excluding hydrogens is 256 g/mol. The van der Waals surface area contributed by atoms with Crippen LogP contribution in [0.1, 0.15) is 30.1 Å². The van der Waals surface area contributed by atoms with E-state index in [1.165, 1.54) is 0 Å². The van der Waals surface area contributed by atoms with Crippen LogP contribution in [0.4, 0.5) is 0 Å². The standard InChI is InChI=1S/C13H15ClO4/c1-2-12(15)18-9-3-8-17-11-6-4-10(5-7-11)13(14)16/h4-7H,2-3,8-9H2,1H3. The summed E-state index contributed by atoms with van der Waals surface area (Å²) < 4.78 is 10.3. The summed E-state index contributed by atoms with van der Waals surface area (Å²) in [7, 11) is 0. The zero-order valence-corrected chi connectivity index (χ0v) is 10.9. The molecule has 0 fully saturated rings. The summed E-state index contributed by atoms with van der Waals surface area (Å²) >= 11 is 5.32. The van der Waals surface area contributed by atoms with Crippen LogP contribution in [0.2, 0.25) is 0 Å². The number of hydrogen-bond acceptors (Lipinski definition) is 4. The van der Waals surface area contributed by atoms with Crippen molar-refractivity contribution in [3.63, 3.8) is 0 Å². The molecule has 0 aliphatic heterocycles. The number of esters is 1. The lowest BCUT2D eigenvalue weighted by Crippen LogP contribution is -2.07. The zero-order valence-electron chi connectivity index (χ0n) is 10.1. The van der Waals surface area contributed by atoms with Gasteiger partial charge in [-0.05, 0) is 35.9 Å². The third-order valence-electron chi connectivity index (χ3n) is 2.19. The van der Waals surface area contributed by atoms with Crippen molar-refractivity contribution in [2.75, 3.05) is 13.2 Å². The van der Waals surface area contributed by atoms with Crippen molar-refractivity contribution >= 4 is 22.8 Å². The number of rotatable bonds is 7. The number of carbonyl (C=O) groups is 2. The molecule has 0 bridgehead atoms. The van der Waals surface area contributed by atoms with E-state index in [0.717, 1.165) is 0 Å². The fraction of sp³-hybridized carbons (Fsp3) is 0.385. The number of carbonyl (C=O) groups excluding carboxylic acids is 2. The molecule has 0 aliphatic carbocycles. The van der Waals surface area contributed by atoms with Gasteiger partial charge in [0.05, 0.1) is 13.2 Å². The van der Waals surface area contributed by atoms with E-state index in [4.69, 9.17) is 21.1 Å². The first-order valence-corrected chi connectivity index (χ1v) is 6.09. The molecule has 0 aliphatic rings. The van der Waals surface area contributed by atoms with Crippen molar-refractivity contribution in [2.45, 2.75) is 19.8 Å². The number of benzene rings is 1. The van der Waals surface area contributed by atoms with Gasteiger partial charge >= 0.3 is 5.97 Å². The molecule has 4 nitrogen and oxygen atoms in total. The number of ether oxygens (including phenoxy) is 2. The van der Waals surface area contributed by atoms with Crippen LogP contribution in [0.5, 0.6) is 5.75 Å². The van der Waals surface area contributed by atoms with E-state index in [2.05, 4.69) is 0 Å². The summed E-state index contributed by atoms with van der Waals surface area (Å²) in [6, 6.07) is 6.55. The Balaban J connectivity index is 2.23. The van der Waals surface area contributed by atoms with Gasteiger partial charge in [-0.3, -0.25) is 9.59 Å². The number of hydrogen-bond donors (Lipinski definition) is 0. The third-order valence-corrected chi connectivity index (χ3v) is 2.41. The van der Waals surface area contributed by atoms with Crippen LogP contribution in [0.3, 0.4) is 0 Å². The molecule has 0 heterocycles. The Labute approximate surface area is 111 Å². The van der Waals surface area contributed by atoms with E-state index in [9.17, 15) is 9.59 Å². The van der Waals surface area contributed by atoms with Crippen LogP contribution in [-0.4, -0.2) is 24.4 Å². The summed E-state index contributed by atoms with van der Waals surface area (Å²) in [5.74, 6) is 0.443. The fourth-order valence-corrected chi connectivity index (χ4v) is 1.35. The van der Waals surface area contributed by atoms with Gasteiger partial charge in [-0.25, -0.2) is 0 Å². The molecule has 0 radical (unpaired) electrons. The van der Waals surface area contributed by atoms with Crippen LogP contribution in [-0.2, 0) is 9.53 Å². The van der Waals surface area contributed by atoms with E-state index in [-0.39, 0.29) is 5.97 Å². The highest BCUT2D eigenvalue weighted by atomic mass is 35.5. The molecule has 0 atom stereocenters. The monoisotopic (exact) mass is 270 g/mol. The van der Waals surface area contributed by atoms with E-state index < -0.39 is 5.24 Å². The Bertz CT molecular complexity index is 400. The number of halogens is 1. The first-order valence-electron chi connectivity index (χ1n) is 5.71. The van der Waals surface area contributed by atoms with E-state index in [1.807, 2.05) is 0 Å². The average molecular weight is 271 g/mol. The molecule has 0 unspecified atom stereocenters. The Morgan fingerprint density at radius 1 is 1.17 bits per heavy atom. The molecule has 5 heteroatoms. The SMILES string of the molecule is CCC(=O)OCCCOc1ccc(C(=O)Cl)cc1. The van der Waals surface area contributed by atoms with Crippen molar-refractivity contribution in [2.24, 2.45) is 0 Å². The average Bonchev–Trinajstić information content (AvgIpc) is 2.38. The predicted octanol–water partition coefficient (Wildman–Crippen LogP) is 2.79. The smallest absolute Gasteiger partial charge is 0.305 e. The molecule has 98 valence electrons. The molecular formula is C13H15ClO4. The van der Waals surface area contributed by atoms with Crippen molar-refractivity contribution in [3.8, 4) is 5.75 Å². The largest absolute Gasteiger partial charge is 0.493 e. The molecule has 0 saturated carbocycles. The van der Waals surface area contributed by atoms with Crippen LogP contribution < -0.4 is 4.74 Å². The van der Waals surface area contributed by atoms with Crippen molar-refractivity contribution in [1.29, 1.82) is 0 Å². The Morgan fingerprint density at radius 3 is 2.39 bits per heavy atom. The molecule has 0 saturated heterocycles. The second kappa shape index (κ2) is 7.71. The van der Waals surface area contributed by atoms with Crippen LogP contribution in [0, 0.1) is 0 Å². The second-order valence-corrected chi connectivity index (χ2v) is 3.92. The first kappa shape index (κ1) is 14.5. The molecule has 1 aromatic carbocycles. The maximum atomic E-state index is 10.8. The quantitative estimate of drug-likeness (QED) is 0.434. The van der Waals surface area contributed by atoms with Gasteiger partial charge in [-0.2, -0.15) is 0 Å². The minimum atomic E-state index is -0.493. The molecule has 0 aromatic heterocycles. The molecule has 0 spiro atoms. The highest BCUT2D eigenvalue weighted by Crippen LogP contribution is 2.13. The minimum Gasteiger partial charge on any atom is -0.493 e. The summed E-state index contributed by atoms with van der Waals surface area (Å²) in [4.78, 5) is 21.7. The Morgan fingerprint density at radius 2 is 1.83 bits per heavy atom. The second-order valence-electron chi connectivity index (χ2n) is 3.57. The summed E-state index contributed by atoms with van der Waals surface area (Å²) in [5, 5.41) is -0.493. The van der Waals surface area contributed by atoms with Gasteiger partial charge in [-0.1, -0.05) is 6.92 Å². The van der Waals surface area contributed by atoms with Crippen LogP contribution in [0.15, 0.2) is 24.3 Å². The van der Waals surface area contributed by atoms with Gasteiger partial charge in [0.25, 0.3) is 5.24 Å². The maximum Gasteiger partial charge on any atom is 0.305 e. The molecule has 1 aromatic rings. The highest BCUT2D eigenvalue weighted by molar-refractivity contribution is 6.67. The predicted molar refractivity (Wildman–Crippen MR) is 68.0 cm³/mol. The Kier molecular flexibility index (Phi) is 6.22. The highest BCUT2D eigenvalue weighted by Gasteiger charge is 2.02. The van der Waals surface area contributed by atoms with Gasteiger partial charge < -0.3 is 9.47 Å². The van der Waals surface area contributed by atoms with E-state index >= 15 is 0 Å². The van der Waals surface area contributed by atoms with Crippen molar-refractivity contribution in [3.05, 3.63) is 29.8 Å². The van der Waals surface area contributed by atoms with Gasteiger partial charge in [0.2, 0.25) is 0 Å².